The van der Waals surface area contributed by atoms with E-state index in [1.807, 2.05) is 0 Å². The zero-order valence-electron chi connectivity index (χ0n) is 17.9. The van der Waals surface area contributed by atoms with Gasteiger partial charge >= 0.3 is 0 Å². The summed E-state index contributed by atoms with van der Waals surface area (Å²) in [6.45, 7) is 1.79. The molecule has 1 atom stereocenters. The minimum atomic E-state index is -4.04. The van der Waals surface area contributed by atoms with Gasteiger partial charge in [-0.05, 0) is 42.3 Å². The molecule has 11 heteroatoms. The minimum absolute atomic E-state index is 0.0542. The Morgan fingerprint density at radius 2 is 1.53 bits per heavy atom. The number of imide groups is 1. The Hall–Kier alpha value is -2.76. The zero-order valence-corrected chi connectivity index (χ0v) is 19.5. The van der Waals surface area contributed by atoms with Crippen molar-refractivity contribution in [2.75, 3.05) is 18.3 Å². The largest absolute Gasteiger partial charge is 0.495 e. The first-order valence-corrected chi connectivity index (χ1v) is 13.2. The average molecular weight is 481 g/mol. The van der Waals surface area contributed by atoms with E-state index in [4.69, 9.17) is 4.74 Å². The molecule has 9 nitrogen and oxygen atoms in total. The Balaban J connectivity index is 1.94. The van der Waals surface area contributed by atoms with Crippen LogP contribution in [0.25, 0.3) is 0 Å². The van der Waals surface area contributed by atoms with Gasteiger partial charge in [0.05, 0.1) is 22.6 Å². The average Bonchev–Trinajstić information content (AvgIpc) is 3.08. The number of rotatable bonds is 8. The van der Waals surface area contributed by atoms with Crippen LogP contribution >= 0.6 is 0 Å². The number of sulfone groups is 1. The molecule has 1 heterocycles. The summed E-state index contributed by atoms with van der Waals surface area (Å²) in [5, 5.41) is 0. The highest BCUT2D eigenvalue weighted by Crippen LogP contribution is 2.34. The first-order valence-electron chi connectivity index (χ1n) is 9.84. The molecule has 32 heavy (non-hydrogen) atoms. The maximum atomic E-state index is 13.1. The second-order valence-electron chi connectivity index (χ2n) is 7.38. The molecule has 0 saturated carbocycles. The molecule has 0 spiro atoms. The predicted molar refractivity (Wildman–Crippen MR) is 118 cm³/mol. The number of hydrogen-bond donors (Lipinski definition) is 1. The van der Waals surface area contributed by atoms with Crippen LogP contribution in [0.1, 0.15) is 37.8 Å². The molecule has 3 rings (SSSR count). The molecule has 172 valence electrons. The third-order valence-electron chi connectivity index (χ3n) is 5.17. The van der Waals surface area contributed by atoms with Gasteiger partial charge < -0.3 is 4.74 Å². The SMILES string of the molecule is CC[C@H](NS(=O)(=O)c1ccc(OC)c(N2C(=O)CCC2=O)c1)c1ccc(S(C)(=O)=O)cc1. The fraction of sp³-hybridized carbons (Fsp3) is 0.333. The standard InChI is InChI=1S/C21H24N2O7S2/c1-4-17(14-5-7-15(8-6-14)31(3,26)27)22-32(28,29)16-9-10-19(30-2)18(13-16)23-20(24)11-12-21(23)25/h5-10,13,17,22H,4,11-12H2,1-3H3/t17-/m0/s1. The van der Waals surface area contributed by atoms with Crippen LogP contribution in [0.5, 0.6) is 5.75 Å². The molecule has 2 aromatic carbocycles. The molecule has 0 bridgehead atoms. The summed E-state index contributed by atoms with van der Waals surface area (Å²) >= 11 is 0. The number of sulfonamides is 1. The molecule has 0 aromatic heterocycles. The number of methoxy groups -OCH3 is 1. The Kier molecular flexibility index (Phi) is 6.72. The number of nitrogens with one attached hydrogen (secondary N) is 1. The van der Waals surface area contributed by atoms with Crippen molar-refractivity contribution in [1.82, 2.24) is 4.72 Å². The first-order chi connectivity index (χ1) is 15.0. The summed E-state index contributed by atoms with van der Waals surface area (Å²) < 4.78 is 57.3. The Morgan fingerprint density at radius 3 is 2.03 bits per heavy atom. The van der Waals surface area contributed by atoms with Crippen molar-refractivity contribution in [2.24, 2.45) is 0 Å². The second-order valence-corrected chi connectivity index (χ2v) is 11.1. The van der Waals surface area contributed by atoms with Crippen LogP contribution in [0.2, 0.25) is 0 Å². The molecule has 2 aromatic rings. The molecule has 0 unspecified atom stereocenters. The Bertz CT molecular complexity index is 1240. The summed E-state index contributed by atoms with van der Waals surface area (Å²) in [6, 6.07) is 9.33. The number of nitrogens with zero attached hydrogens (tertiary/aromatic N) is 1. The minimum Gasteiger partial charge on any atom is -0.495 e. The zero-order chi connectivity index (χ0) is 23.7. The second kappa shape index (κ2) is 9.00. The quantitative estimate of drug-likeness (QED) is 0.574. The molecule has 1 aliphatic heterocycles. The van der Waals surface area contributed by atoms with E-state index >= 15 is 0 Å². The summed E-state index contributed by atoms with van der Waals surface area (Å²) in [5.74, 6) is -0.641. The third-order valence-corrected chi connectivity index (χ3v) is 7.77. The van der Waals surface area contributed by atoms with E-state index in [-0.39, 0.29) is 34.1 Å². The smallest absolute Gasteiger partial charge is 0.241 e. The maximum absolute atomic E-state index is 13.1. The number of hydrogen-bond acceptors (Lipinski definition) is 7. The van der Waals surface area contributed by atoms with Crippen molar-refractivity contribution >= 4 is 37.4 Å². The fourth-order valence-corrected chi connectivity index (χ4v) is 5.40. The van der Waals surface area contributed by atoms with E-state index in [1.165, 1.54) is 37.4 Å². The van der Waals surface area contributed by atoms with Crippen molar-refractivity contribution in [3.63, 3.8) is 0 Å². The van der Waals surface area contributed by atoms with Gasteiger partial charge in [0.1, 0.15) is 5.75 Å². The molecule has 0 aliphatic carbocycles. The lowest BCUT2D eigenvalue weighted by Crippen LogP contribution is -2.31. The summed E-state index contributed by atoms with van der Waals surface area (Å²) in [4.78, 5) is 25.3. The highest BCUT2D eigenvalue weighted by molar-refractivity contribution is 7.90. The predicted octanol–water partition coefficient (Wildman–Crippen LogP) is 2.18. The van der Waals surface area contributed by atoms with Gasteiger partial charge in [0.2, 0.25) is 21.8 Å². The summed E-state index contributed by atoms with van der Waals surface area (Å²) in [5.41, 5.74) is 0.676. The lowest BCUT2D eigenvalue weighted by atomic mass is 10.1. The van der Waals surface area contributed by atoms with Gasteiger partial charge in [-0.1, -0.05) is 19.1 Å². The van der Waals surface area contributed by atoms with E-state index in [9.17, 15) is 26.4 Å². The number of carbonyl (C=O) groups excluding carboxylic acids is 2. The highest BCUT2D eigenvalue weighted by atomic mass is 32.2. The molecule has 2 amide bonds. The van der Waals surface area contributed by atoms with E-state index < -0.39 is 37.7 Å². The van der Waals surface area contributed by atoms with Crippen LogP contribution in [0.3, 0.4) is 0 Å². The van der Waals surface area contributed by atoms with Gasteiger partial charge in [-0.15, -0.1) is 0 Å². The number of ether oxygens (including phenoxy) is 1. The molecular weight excluding hydrogens is 456 g/mol. The molecule has 0 radical (unpaired) electrons. The lowest BCUT2D eigenvalue weighted by Gasteiger charge is -2.21. The molecule has 1 saturated heterocycles. The highest BCUT2D eigenvalue weighted by Gasteiger charge is 2.33. The van der Waals surface area contributed by atoms with Gasteiger partial charge in [-0.3, -0.25) is 9.59 Å². The van der Waals surface area contributed by atoms with Crippen LogP contribution < -0.4 is 14.4 Å². The van der Waals surface area contributed by atoms with E-state index in [2.05, 4.69) is 4.72 Å². The van der Waals surface area contributed by atoms with E-state index in [0.29, 0.717) is 12.0 Å². The van der Waals surface area contributed by atoms with Gasteiger partial charge in [-0.25, -0.2) is 26.5 Å². The third kappa shape index (κ3) is 4.84. The topological polar surface area (TPSA) is 127 Å². The lowest BCUT2D eigenvalue weighted by molar-refractivity contribution is -0.121. The van der Waals surface area contributed by atoms with Crippen molar-refractivity contribution in [3.05, 3.63) is 48.0 Å². The van der Waals surface area contributed by atoms with Crippen molar-refractivity contribution < 1.29 is 31.2 Å². The number of anilines is 1. The van der Waals surface area contributed by atoms with Crippen LogP contribution in [-0.2, 0) is 29.4 Å². The van der Waals surface area contributed by atoms with Crippen molar-refractivity contribution in [3.8, 4) is 5.75 Å². The normalized spacial score (nSPS) is 15.8. The summed E-state index contributed by atoms with van der Waals surface area (Å²) in [6.07, 6.45) is 1.61. The van der Waals surface area contributed by atoms with E-state index in [0.717, 1.165) is 11.2 Å². The molecule has 1 aliphatic rings. The van der Waals surface area contributed by atoms with Gasteiger partial charge in [0, 0.05) is 25.1 Å². The number of amides is 2. The Morgan fingerprint density at radius 1 is 0.969 bits per heavy atom. The summed E-state index contributed by atoms with van der Waals surface area (Å²) in [7, 11) is -6.05. The Labute approximate surface area is 187 Å². The number of benzene rings is 2. The van der Waals surface area contributed by atoms with E-state index in [1.54, 1.807) is 19.1 Å². The van der Waals surface area contributed by atoms with Crippen LogP contribution in [0.4, 0.5) is 5.69 Å². The molecule has 1 fully saturated rings. The van der Waals surface area contributed by atoms with Crippen LogP contribution in [0.15, 0.2) is 52.3 Å². The fourth-order valence-electron chi connectivity index (χ4n) is 3.45. The van der Waals surface area contributed by atoms with Crippen molar-refractivity contribution in [2.45, 2.75) is 42.0 Å². The van der Waals surface area contributed by atoms with Gasteiger partial charge in [0.25, 0.3) is 0 Å². The van der Waals surface area contributed by atoms with Crippen LogP contribution in [0, 0.1) is 0 Å². The number of carbonyl (C=O) groups is 2. The first kappa shape index (κ1) is 23.9. The van der Waals surface area contributed by atoms with Gasteiger partial charge in [0.15, 0.2) is 9.84 Å². The molecular formula is C21H24N2O7S2. The maximum Gasteiger partial charge on any atom is 0.241 e. The molecule has 1 N–H and O–H groups in total. The monoisotopic (exact) mass is 480 g/mol. The van der Waals surface area contributed by atoms with Gasteiger partial charge in [-0.2, -0.15) is 0 Å². The van der Waals surface area contributed by atoms with Crippen molar-refractivity contribution in [1.29, 1.82) is 0 Å². The van der Waals surface area contributed by atoms with Crippen LogP contribution in [-0.4, -0.2) is 42.0 Å².